The number of hydrogen-bond donors (Lipinski definition) is 1. The highest BCUT2D eigenvalue weighted by atomic mass is 79.9. The second-order valence-corrected chi connectivity index (χ2v) is 8.61. The molecule has 2 aromatic carbocycles. The first kappa shape index (κ1) is 23.5. The van der Waals surface area contributed by atoms with Crippen LogP contribution in [0.1, 0.15) is 26.3 Å². The van der Waals surface area contributed by atoms with E-state index in [1.54, 1.807) is 25.1 Å². The molecule has 0 radical (unpaired) electrons. The lowest BCUT2D eigenvalue weighted by Gasteiger charge is -2.29. The molecule has 0 heterocycles. The highest BCUT2D eigenvalue weighted by molar-refractivity contribution is 9.10. The maximum atomic E-state index is 12.9. The van der Waals surface area contributed by atoms with Gasteiger partial charge in [-0.05, 0) is 56.7 Å². The Balaban J connectivity index is 2.16. The predicted molar refractivity (Wildman–Crippen MR) is 119 cm³/mol. The standard InChI is InChI=1S/C21H23BrCl2N2O3/c1-13(2)25-21(28)14(3)26(11-15-4-6-16(22)7-5-15)20(27)12-29-19-9-8-17(23)10-18(19)24/h4-10,13-14H,11-12H2,1-3H3,(H,25,28). The van der Waals surface area contributed by atoms with Gasteiger partial charge in [0.2, 0.25) is 5.91 Å². The van der Waals surface area contributed by atoms with E-state index < -0.39 is 6.04 Å². The van der Waals surface area contributed by atoms with Gasteiger partial charge in [0.1, 0.15) is 11.8 Å². The highest BCUT2D eigenvalue weighted by Gasteiger charge is 2.27. The molecule has 0 saturated heterocycles. The summed E-state index contributed by atoms with van der Waals surface area (Å²) in [6.07, 6.45) is 0. The molecule has 0 saturated carbocycles. The summed E-state index contributed by atoms with van der Waals surface area (Å²) >= 11 is 15.4. The van der Waals surface area contributed by atoms with Crippen LogP contribution in [0.25, 0.3) is 0 Å². The number of halogens is 3. The van der Waals surface area contributed by atoms with Crippen LogP contribution in [0.5, 0.6) is 5.75 Å². The molecule has 29 heavy (non-hydrogen) atoms. The molecule has 0 aromatic heterocycles. The van der Waals surface area contributed by atoms with Crippen molar-refractivity contribution in [1.29, 1.82) is 0 Å². The average molecular weight is 502 g/mol. The summed E-state index contributed by atoms with van der Waals surface area (Å²) in [6, 6.07) is 11.7. The van der Waals surface area contributed by atoms with Crippen LogP contribution in [0, 0.1) is 0 Å². The topological polar surface area (TPSA) is 58.6 Å². The third-order valence-electron chi connectivity index (χ3n) is 4.11. The Morgan fingerprint density at radius 1 is 1.10 bits per heavy atom. The number of carbonyl (C=O) groups is 2. The average Bonchev–Trinajstić information content (AvgIpc) is 2.65. The lowest BCUT2D eigenvalue weighted by molar-refractivity contribution is -0.142. The number of nitrogens with zero attached hydrogens (tertiary/aromatic N) is 1. The van der Waals surface area contributed by atoms with E-state index in [9.17, 15) is 9.59 Å². The van der Waals surface area contributed by atoms with E-state index in [0.717, 1.165) is 10.0 Å². The molecule has 5 nitrogen and oxygen atoms in total. The molecular formula is C21H23BrCl2N2O3. The Morgan fingerprint density at radius 3 is 2.34 bits per heavy atom. The van der Waals surface area contributed by atoms with Crippen LogP contribution >= 0.6 is 39.1 Å². The van der Waals surface area contributed by atoms with Gasteiger partial charge in [0.05, 0.1) is 5.02 Å². The summed E-state index contributed by atoms with van der Waals surface area (Å²) in [4.78, 5) is 27.0. The minimum atomic E-state index is -0.669. The van der Waals surface area contributed by atoms with Gasteiger partial charge in [0.25, 0.3) is 5.91 Å². The third-order valence-corrected chi connectivity index (χ3v) is 5.17. The fourth-order valence-electron chi connectivity index (χ4n) is 2.59. The van der Waals surface area contributed by atoms with Crippen molar-refractivity contribution in [1.82, 2.24) is 10.2 Å². The fraction of sp³-hybridized carbons (Fsp3) is 0.333. The van der Waals surface area contributed by atoms with Gasteiger partial charge < -0.3 is 15.0 Å². The van der Waals surface area contributed by atoms with Gasteiger partial charge in [-0.25, -0.2) is 0 Å². The maximum absolute atomic E-state index is 12.9. The Labute approximate surface area is 189 Å². The van der Waals surface area contributed by atoms with Crippen molar-refractivity contribution in [2.45, 2.75) is 39.4 Å². The summed E-state index contributed by atoms with van der Waals surface area (Å²) < 4.78 is 6.52. The number of rotatable bonds is 8. The van der Waals surface area contributed by atoms with Crippen molar-refractivity contribution in [3.8, 4) is 5.75 Å². The van der Waals surface area contributed by atoms with Gasteiger partial charge >= 0.3 is 0 Å². The monoisotopic (exact) mass is 500 g/mol. The van der Waals surface area contributed by atoms with Gasteiger partial charge in [-0.3, -0.25) is 9.59 Å². The molecule has 0 spiro atoms. The molecule has 2 aromatic rings. The van der Waals surface area contributed by atoms with Crippen LogP contribution in [0.2, 0.25) is 10.0 Å². The minimum absolute atomic E-state index is 0.0290. The molecule has 2 rings (SSSR count). The number of nitrogens with one attached hydrogen (secondary N) is 1. The smallest absolute Gasteiger partial charge is 0.261 e. The molecule has 0 aliphatic rings. The summed E-state index contributed by atoms with van der Waals surface area (Å²) in [7, 11) is 0. The third kappa shape index (κ3) is 7.21. The van der Waals surface area contributed by atoms with E-state index in [0.29, 0.717) is 15.8 Å². The van der Waals surface area contributed by atoms with E-state index in [2.05, 4.69) is 21.2 Å². The first-order valence-electron chi connectivity index (χ1n) is 9.09. The zero-order valence-electron chi connectivity index (χ0n) is 16.4. The van der Waals surface area contributed by atoms with Crippen LogP contribution in [0.15, 0.2) is 46.9 Å². The van der Waals surface area contributed by atoms with Crippen molar-refractivity contribution in [3.05, 3.63) is 62.5 Å². The summed E-state index contributed by atoms with van der Waals surface area (Å²) in [5.41, 5.74) is 0.898. The number of benzene rings is 2. The van der Waals surface area contributed by atoms with Gasteiger partial charge in [-0.15, -0.1) is 0 Å². The lowest BCUT2D eigenvalue weighted by Crippen LogP contribution is -2.50. The first-order valence-corrected chi connectivity index (χ1v) is 10.6. The van der Waals surface area contributed by atoms with Crippen molar-refractivity contribution < 1.29 is 14.3 Å². The quantitative estimate of drug-likeness (QED) is 0.548. The first-order chi connectivity index (χ1) is 13.7. The normalized spacial score (nSPS) is 11.8. The van der Waals surface area contributed by atoms with Crippen molar-refractivity contribution >= 4 is 50.9 Å². The van der Waals surface area contributed by atoms with E-state index in [4.69, 9.17) is 27.9 Å². The van der Waals surface area contributed by atoms with Crippen LogP contribution < -0.4 is 10.1 Å². The minimum Gasteiger partial charge on any atom is -0.482 e. The van der Waals surface area contributed by atoms with Gasteiger partial charge in [-0.1, -0.05) is 51.3 Å². The molecule has 0 bridgehead atoms. The van der Waals surface area contributed by atoms with Crippen LogP contribution in [-0.2, 0) is 16.1 Å². The summed E-state index contributed by atoms with van der Waals surface area (Å²) in [5, 5.41) is 3.64. The number of amides is 2. The molecular weight excluding hydrogens is 479 g/mol. The molecule has 2 amide bonds. The highest BCUT2D eigenvalue weighted by Crippen LogP contribution is 2.27. The zero-order chi connectivity index (χ0) is 21.6. The molecule has 156 valence electrons. The second-order valence-electron chi connectivity index (χ2n) is 6.85. The molecule has 0 aliphatic carbocycles. The fourth-order valence-corrected chi connectivity index (χ4v) is 3.32. The van der Waals surface area contributed by atoms with Gasteiger partial charge in [0.15, 0.2) is 6.61 Å². The molecule has 1 N–H and O–H groups in total. The zero-order valence-corrected chi connectivity index (χ0v) is 19.5. The summed E-state index contributed by atoms with van der Waals surface area (Å²) in [5.74, 6) is -0.201. The number of carbonyl (C=O) groups excluding carboxylic acids is 2. The van der Waals surface area contributed by atoms with E-state index in [1.807, 2.05) is 38.1 Å². The Kier molecular flexibility index (Phi) is 8.80. The molecule has 1 unspecified atom stereocenters. The van der Waals surface area contributed by atoms with Crippen LogP contribution in [0.3, 0.4) is 0 Å². The van der Waals surface area contributed by atoms with E-state index in [1.165, 1.54) is 4.90 Å². The van der Waals surface area contributed by atoms with Crippen LogP contribution in [-0.4, -0.2) is 35.4 Å². The molecule has 0 fully saturated rings. The number of ether oxygens (including phenoxy) is 1. The van der Waals surface area contributed by atoms with Gasteiger partial charge in [0, 0.05) is 22.1 Å². The van der Waals surface area contributed by atoms with E-state index >= 15 is 0 Å². The second kappa shape index (κ2) is 10.9. The van der Waals surface area contributed by atoms with Crippen molar-refractivity contribution in [3.63, 3.8) is 0 Å². The lowest BCUT2D eigenvalue weighted by atomic mass is 10.1. The van der Waals surface area contributed by atoms with Crippen molar-refractivity contribution in [2.75, 3.05) is 6.61 Å². The van der Waals surface area contributed by atoms with Gasteiger partial charge in [-0.2, -0.15) is 0 Å². The molecule has 8 heteroatoms. The SMILES string of the molecule is CC(C)NC(=O)C(C)N(Cc1ccc(Br)cc1)C(=O)COc1ccc(Cl)cc1Cl. The van der Waals surface area contributed by atoms with Crippen molar-refractivity contribution in [2.24, 2.45) is 0 Å². The van der Waals surface area contributed by atoms with E-state index in [-0.39, 0.29) is 31.0 Å². The Morgan fingerprint density at radius 2 is 1.76 bits per heavy atom. The van der Waals surface area contributed by atoms with Crippen LogP contribution in [0.4, 0.5) is 0 Å². The largest absolute Gasteiger partial charge is 0.482 e. The molecule has 1 atom stereocenters. The summed E-state index contributed by atoms with van der Waals surface area (Å²) in [6.45, 7) is 5.46. The number of hydrogen-bond acceptors (Lipinski definition) is 3. The predicted octanol–water partition coefficient (Wildman–Crippen LogP) is 5.08. The maximum Gasteiger partial charge on any atom is 0.261 e. The Hall–Kier alpha value is -1.76. The molecule has 0 aliphatic heterocycles. The Bertz CT molecular complexity index is 860.